The highest BCUT2D eigenvalue weighted by Crippen LogP contribution is 2.34. The van der Waals surface area contributed by atoms with Crippen LogP contribution in [0.25, 0.3) is 11.3 Å². The molecule has 0 amide bonds. The van der Waals surface area contributed by atoms with Crippen LogP contribution in [0, 0.1) is 0 Å². The monoisotopic (exact) mass is 420 g/mol. The number of nitrogens with one attached hydrogen (secondary N) is 1. The molecule has 1 aromatic heterocycles. The molecule has 3 aromatic rings. The van der Waals surface area contributed by atoms with Crippen LogP contribution in [0.2, 0.25) is 0 Å². The van der Waals surface area contributed by atoms with E-state index >= 15 is 0 Å². The summed E-state index contributed by atoms with van der Waals surface area (Å²) < 4.78 is 17.0. The average molecular weight is 420 g/mol. The molecule has 0 saturated carbocycles. The lowest BCUT2D eigenvalue weighted by molar-refractivity contribution is 0.122. The van der Waals surface area contributed by atoms with Crippen LogP contribution in [0.15, 0.2) is 48.5 Å². The molecule has 1 fully saturated rings. The van der Waals surface area contributed by atoms with E-state index in [0.29, 0.717) is 38.2 Å². The van der Waals surface area contributed by atoms with Gasteiger partial charge in [0.1, 0.15) is 11.6 Å². The lowest BCUT2D eigenvalue weighted by atomic mass is 10.1. The van der Waals surface area contributed by atoms with Gasteiger partial charge in [-0.3, -0.25) is 0 Å². The summed E-state index contributed by atoms with van der Waals surface area (Å²) in [5, 5.41) is 13.3. The summed E-state index contributed by atoms with van der Waals surface area (Å²) in [6.45, 7) is 4.03. The molecule has 3 heterocycles. The fraction of sp³-hybridized carbons (Fsp3) is 0.304. The molecule has 0 bridgehead atoms. The van der Waals surface area contributed by atoms with E-state index in [1.165, 1.54) is 0 Å². The van der Waals surface area contributed by atoms with Gasteiger partial charge in [0.15, 0.2) is 11.5 Å². The number of fused-ring (bicyclic) bond motifs is 1. The molecule has 31 heavy (non-hydrogen) atoms. The second-order valence-electron chi connectivity index (χ2n) is 7.43. The second kappa shape index (κ2) is 8.69. The fourth-order valence-electron chi connectivity index (χ4n) is 3.61. The van der Waals surface area contributed by atoms with E-state index < -0.39 is 0 Å². The molecule has 5 rings (SSSR count). The van der Waals surface area contributed by atoms with Crippen LogP contribution in [-0.4, -0.2) is 54.6 Å². The topological polar surface area (TPSA) is 89.0 Å². The molecule has 2 N–H and O–H groups in total. The Morgan fingerprint density at radius 1 is 0.871 bits per heavy atom. The minimum Gasteiger partial charge on any atom is -0.508 e. The standard InChI is InChI=1S/C23H24N4O4/c28-18-4-1-3-16(13-18)19-15-22(26-23(25-19)27-7-11-29-12-8-27)24-17-5-6-20-21(14-17)31-10-2-9-30-20/h1,3-6,13-15,28H,2,7-12H2,(H,24,25,26). The van der Waals surface area contributed by atoms with Crippen LogP contribution in [-0.2, 0) is 4.74 Å². The normalized spacial score (nSPS) is 15.9. The summed E-state index contributed by atoms with van der Waals surface area (Å²) in [7, 11) is 0. The maximum Gasteiger partial charge on any atom is 0.228 e. The largest absolute Gasteiger partial charge is 0.508 e. The Morgan fingerprint density at radius 3 is 2.55 bits per heavy atom. The number of phenolic OH excluding ortho intramolecular Hbond substituents is 1. The van der Waals surface area contributed by atoms with Crippen molar-refractivity contribution in [1.82, 2.24) is 9.97 Å². The zero-order chi connectivity index (χ0) is 21.0. The maximum atomic E-state index is 9.92. The van der Waals surface area contributed by atoms with Crippen molar-refractivity contribution in [3.63, 3.8) is 0 Å². The molecule has 0 atom stereocenters. The number of rotatable bonds is 4. The predicted molar refractivity (Wildman–Crippen MR) is 117 cm³/mol. The summed E-state index contributed by atoms with van der Waals surface area (Å²) in [5.74, 6) is 2.95. The number of aromatic hydroxyl groups is 1. The number of morpholine rings is 1. The molecule has 0 unspecified atom stereocenters. The number of aromatic nitrogens is 2. The Balaban J connectivity index is 1.49. The first-order valence-electron chi connectivity index (χ1n) is 10.4. The highest BCUT2D eigenvalue weighted by atomic mass is 16.5. The van der Waals surface area contributed by atoms with Crippen molar-refractivity contribution >= 4 is 17.5 Å². The molecular formula is C23H24N4O4. The van der Waals surface area contributed by atoms with Crippen LogP contribution in [0.5, 0.6) is 17.2 Å². The van der Waals surface area contributed by atoms with Gasteiger partial charge in [0.05, 0.1) is 32.1 Å². The molecule has 0 radical (unpaired) electrons. The van der Waals surface area contributed by atoms with Gasteiger partial charge in [-0.05, 0) is 24.3 Å². The van der Waals surface area contributed by atoms with Crippen LogP contribution in [0.1, 0.15) is 6.42 Å². The Kier molecular flexibility index (Phi) is 5.45. The number of hydrogen-bond donors (Lipinski definition) is 2. The van der Waals surface area contributed by atoms with E-state index in [4.69, 9.17) is 24.2 Å². The van der Waals surface area contributed by atoms with E-state index in [-0.39, 0.29) is 5.75 Å². The maximum absolute atomic E-state index is 9.92. The SMILES string of the molecule is Oc1cccc(-c2cc(Nc3ccc4c(c3)OCCCO4)nc(N3CCOCC3)n2)c1. The van der Waals surface area contributed by atoms with E-state index in [0.717, 1.165) is 48.0 Å². The number of anilines is 3. The van der Waals surface area contributed by atoms with E-state index in [1.807, 2.05) is 30.3 Å². The Bertz CT molecular complexity index is 1070. The van der Waals surface area contributed by atoms with Crippen molar-refractivity contribution in [1.29, 1.82) is 0 Å². The Hall–Kier alpha value is -3.52. The van der Waals surface area contributed by atoms with Gasteiger partial charge >= 0.3 is 0 Å². The predicted octanol–water partition coefficient (Wildman–Crippen LogP) is 3.59. The van der Waals surface area contributed by atoms with Gasteiger partial charge in [-0.2, -0.15) is 4.98 Å². The number of benzene rings is 2. The second-order valence-corrected chi connectivity index (χ2v) is 7.43. The van der Waals surface area contributed by atoms with Crippen LogP contribution in [0.3, 0.4) is 0 Å². The van der Waals surface area contributed by atoms with Gasteiger partial charge < -0.3 is 29.5 Å². The third-order valence-corrected chi connectivity index (χ3v) is 5.17. The fourth-order valence-corrected chi connectivity index (χ4v) is 3.61. The summed E-state index contributed by atoms with van der Waals surface area (Å²) in [6, 6.07) is 14.7. The molecule has 2 aliphatic heterocycles. The molecule has 2 aliphatic rings. The molecule has 8 nitrogen and oxygen atoms in total. The third kappa shape index (κ3) is 4.49. The minimum absolute atomic E-state index is 0.196. The molecule has 8 heteroatoms. The van der Waals surface area contributed by atoms with Crippen molar-refractivity contribution in [2.75, 3.05) is 49.7 Å². The van der Waals surface area contributed by atoms with Crippen LogP contribution in [0.4, 0.5) is 17.5 Å². The first-order chi connectivity index (χ1) is 15.2. The molecule has 0 spiro atoms. The minimum atomic E-state index is 0.196. The Labute approximate surface area is 180 Å². The van der Waals surface area contributed by atoms with Crippen molar-refractivity contribution in [2.24, 2.45) is 0 Å². The van der Waals surface area contributed by atoms with Gasteiger partial charge in [-0.15, -0.1) is 0 Å². The first kappa shape index (κ1) is 19.4. The van der Waals surface area contributed by atoms with Crippen molar-refractivity contribution in [3.8, 4) is 28.5 Å². The summed E-state index contributed by atoms with van der Waals surface area (Å²) in [6.07, 6.45) is 0.861. The number of phenols is 1. The van der Waals surface area contributed by atoms with Crippen molar-refractivity contribution in [3.05, 3.63) is 48.5 Å². The van der Waals surface area contributed by atoms with Gasteiger partial charge in [0.25, 0.3) is 0 Å². The molecular weight excluding hydrogens is 396 g/mol. The molecule has 1 saturated heterocycles. The molecule has 160 valence electrons. The number of hydrogen-bond acceptors (Lipinski definition) is 8. The summed E-state index contributed by atoms with van der Waals surface area (Å²) in [4.78, 5) is 11.6. The summed E-state index contributed by atoms with van der Waals surface area (Å²) >= 11 is 0. The van der Waals surface area contributed by atoms with Gasteiger partial charge in [0.2, 0.25) is 5.95 Å². The molecule has 0 aliphatic carbocycles. The number of ether oxygens (including phenoxy) is 3. The van der Waals surface area contributed by atoms with Gasteiger partial charge in [0, 0.05) is 42.9 Å². The zero-order valence-corrected chi connectivity index (χ0v) is 17.1. The molecule has 2 aromatic carbocycles. The zero-order valence-electron chi connectivity index (χ0n) is 17.1. The highest BCUT2D eigenvalue weighted by molar-refractivity contribution is 5.69. The third-order valence-electron chi connectivity index (χ3n) is 5.17. The highest BCUT2D eigenvalue weighted by Gasteiger charge is 2.17. The van der Waals surface area contributed by atoms with Gasteiger partial charge in [-0.25, -0.2) is 4.98 Å². The van der Waals surface area contributed by atoms with E-state index in [1.54, 1.807) is 18.2 Å². The van der Waals surface area contributed by atoms with Crippen LogP contribution < -0.4 is 19.7 Å². The van der Waals surface area contributed by atoms with E-state index in [2.05, 4.69) is 10.2 Å². The smallest absolute Gasteiger partial charge is 0.228 e. The van der Waals surface area contributed by atoms with Crippen molar-refractivity contribution in [2.45, 2.75) is 6.42 Å². The Morgan fingerprint density at radius 2 is 1.71 bits per heavy atom. The quantitative estimate of drug-likeness (QED) is 0.662. The van der Waals surface area contributed by atoms with Gasteiger partial charge in [-0.1, -0.05) is 12.1 Å². The van der Waals surface area contributed by atoms with Crippen molar-refractivity contribution < 1.29 is 19.3 Å². The van der Waals surface area contributed by atoms with E-state index in [9.17, 15) is 5.11 Å². The number of nitrogens with zero attached hydrogens (tertiary/aromatic N) is 3. The first-order valence-corrected chi connectivity index (χ1v) is 10.4. The average Bonchev–Trinajstić information content (AvgIpc) is 3.04. The van der Waals surface area contributed by atoms with Crippen LogP contribution >= 0.6 is 0 Å². The lowest BCUT2D eigenvalue weighted by Crippen LogP contribution is -2.37. The summed E-state index contributed by atoms with van der Waals surface area (Å²) in [5.41, 5.74) is 2.39. The lowest BCUT2D eigenvalue weighted by Gasteiger charge is -2.27.